The lowest BCUT2D eigenvalue weighted by Crippen LogP contribution is -2.63. The number of carbonyl (C=O) groups excluding carboxylic acids is 1. The minimum Gasteiger partial charge on any atom is -0.379 e. The summed E-state index contributed by atoms with van der Waals surface area (Å²) in [6.45, 7) is 2.46. The molecule has 38 heavy (non-hydrogen) atoms. The van der Waals surface area contributed by atoms with Crippen molar-refractivity contribution in [2.75, 3.05) is 45.0 Å². The number of nitrogens with one attached hydrogen (secondary N) is 1. The molecule has 1 saturated carbocycles. The van der Waals surface area contributed by atoms with Crippen molar-refractivity contribution < 1.29 is 36.6 Å². The molecule has 1 N–H and O–H groups in total. The summed E-state index contributed by atoms with van der Waals surface area (Å²) in [7, 11) is 1.69. The summed E-state index contributed by atoms with van der Waals surface area (Å²) in [5.74, 6) is -0.777. The average molecular weight is 540 g/mol. The maximum Gasteiger partial charge on any atom is 0.416 e. The van der Waals surface area contributed by atoms with Crippen molar-refractivity contribution in [3.05, 3.63) is 29.6 Å². The van der Waals surface area contributed by atoms with Crippen LogP contribution in [0.25, 0.3) is 0 Å². The smallest absolute Gasteiger partial charge is 0.379 e. The number of nitrogens with zero attached hydrogens (tertiary/aromatic N) is 2. The first-order chi connectivity index (χ1) is 18.2. The molecule has 5 aliphatic heterocycles. The number of carbonyl (C=O) groups is 1. The Kier molecular flexibility index (Phi) is 5.62. The van der Waals surface area contributed by atoms with Gasteiger partial charge in [-0.15, -0.1) is 0 Å². The van der Waals surface area contributed by atoms with Gasteiger partial charge in [0.1, 0.15) is 5.82 Å². The third-order valence-corrected chi connectivity index (χ3v) is 10.4. The van der Waals surface area contributed by atoms with E-state index < -0.39 is 28.5 Å². The molecule has 1 amide bonds. The van der Waals surface area contributed by atoms with Crippen LogP contribution in [0.1, 0.15) is 37.7 Å². The normalized spacial score (nSPS) is 42.0. The summed E-state index contributed by atoms with van der Waals surface area (Å²) < 4.78 is 72.0. The van der Waals surface area contributed by atoms with E-state index >= 15 is 0 Å². The Hall–Kier alpha value is -1.95. The Balaban J connectivity index is 1.18. The van der Waals surface area contributed by atoms with Gasteiger partial charge in [-0.3, -0.25) is 4.79 Å². The molecule has 11 heteroatoms. The third-order valence-electron chi connectivity index (χ3n) is 10.4. The molecule has 208 valence electrons. The zero-order valence-electron chi connectivity index (χ0n) is 21.3. The molecule has 0 radical (unpaired) electrons. The number of hydrogen-bond donors (Lipinski definition) is 1. The molecule has 7 nitrogen and oxygen atoms in total. The van der Waals surface area contributed by atoms with E-state index in [0.717, 1.165) is 25.3 Å². The summed E-state index contributed by atoms with van der Waals surface area (Å²) >= 11 is 0. The highest BCUT2D eigenvalue weighted by atomic mass is 19.4. The Bertz CT molecular complexity index is 1140. The van der Waals surface area contributed by atoms with Crippen LogP contribution in [0.3, 0.4) is 0 Å². The van der Waals surface area contributed by atoms with Gasteiger partial charge in [0.25, 0.3) is 0 Å². The second-order valence-corrected chi connectivity index (χ2v) is 12.0. The van der Waals surface area contributed by atoms with Gasteiger partial charge in [-0.1, -0.05) is 0 Å². The second-order valence-electron chi connectivity index (χ2n) is 12.0. The van der Waals surface area contributed by atoms with Crippen molar-refractivity contribution >= 4 is 11.6 Å². The summed E-state index contributed by atoms with van der Waals surface area (Å²) in [5.41, 5.74) is -1.90. The molecule has 8 atom stereocenters. The molecular weight excluding hydrogens is 506 g/mol. The van der Waals surface area contributed by atoms with Crippen molar-refractivity contribution in [3.63, 3.8) is 0 Å². The standard InChI is InChI=1S/C27H33F4N3O4/c1-36-21-12-37-5-3-20(21)32-17-2-4-25(10-17)22-13-38-14-26(22)23-9-19(34(26)24(25)35)11-33(23)18-7-15(27(29,30)31)6-16(28)8-18/h6-8,17,19-23,32H,2-5,9-14H2,1H3/t17-,19+,20+,21-,22?,23+,25+,26?/m1/s1. The van der Waals surface area contributed by atoms with Crippen LogP contribution in [0.4, 0.5) is 23.2 Å². The number of piperazine rings is 1. The van der Waals surface area contributed by atoms with Crippen LogP contribution in [-0.2, 0) is 25.2 Å². The molecule has 6 aliphatic rings. The molecular formula is C27H33F4N3O4. The minimum atomic E-state index is -4.63. The van der Waals surface area contributed by atoms with E-state index in [4.69, 9.17) is 14.2 Å². The van der Waals surface area contributed by atoms with E-state index in [0.29, 0.717) is 51.9 Å². The number of methoxy groups -OCH3 is 1. The van der Waals surface area contributed by atoms with Gasteiger partial charge in [0.05, 0.1) is 54.5 Å². The number of halogens is 4. The summed E-state index contributed by atoms with van der Waals surface area (Å²) in [6.07, 6.45) is -0.800. The van der Waals surface area contributed by atoms with Crippen LogP contribution >= 0.6 is 0 Å². The quantitative estimate of drug-likeness (QED) is 0.594. The zero-order chi connectivity index (χ0) is 26.4. The molecule has 6 fully saturated rings. The highest BCUT2D eigenvalue weighted by Crippen LogP contribution is 2.65. The highest BCUT2D eigenvalue weighted by Gasteiger charge is 2.78. The van der Waals surface area contributed by atoms with E-state index in [1.54, 1.807) is 7.11 Å². The monoisotopic (exact) mass is 539 g/mol. The van der Waals surface area contributed by atoms with Gasteiger partial charge in [-0.2, -0.15) is 13.2 Å². The van der Waals surface area contributed by atoms with Crippen LogP contribution in [0.2, 0.25) is 0 Å². The van der Waals surface area contributed by atoms with Crippen LogP contribution in [0, 0.1) is 17.2 Å². The summed E-state index contributed by atoms with van der Waals surface area (Å²) in [5, 5.41) is 3.76. The molecule has 1 aliphatic carbocycles. The molecule has 2 spiro atoms. The fraction of sp³-hybridized carbons (Fsp3) is 0.741. The number of fused-ring (bicyclic) bond motifs is 4. The molecule has 5 saturated heterocycles. The van der Waals surface area contributed by atoms with E-state index in [2.05, 4.69) is 5.32 Å². The third kappa shape index (κ3) is 3.37. The minimum absolute atomic E-state index is 0.0267. The first-order valence-corrected chi connectivity index (χ1v) is 13.6. The van der Waals surface area contributed by atoms with Crippen molar-refractivity contribution in [2.24, 2.45) is 11.3 Å². The number of anilines is 1. The van der Waals surface area contributed by atoms with Crippen LogP contribution in [-0.4, -0.2) is 86.7 Å². The SMILES string of the molecule is CO[C@@H]1COCC[C@@H]1N[C@@H]1CC[C@@]2(C1)C(=O)N1[C@H]3C[C@H](N(c4cc(F)cc(C(F)(F)F)c4)C3)C13COCC32. The Morgan fingerprint density at radius 3 is 2.79 bits per heavy atom. The molecule has 7 rings (SSSR count). The van der Waals surface area contributed by atoms with E-state index in [-0.39, 0.29) is 47.8 Å². The largest absolute Gasteiger partial charge is 0.416 e. The van der Waals surface area contributed by atoms with Crippen molar-refractivity contribution in [1.82, 2.24) is 10.2 Å². The fourth-order valence-corrected chi connectivity index (χ4v) is 8.86. The van der Waals surface area contributed by atoms with Crippen LogP contribution < -0.4 is 10.2 Å². The number of amides is 1. The Labute approximate surface area is 218 Å². The lowest BCUT2D eigenvalue weighted by Gasteiger charge is -2.47. The van der Waals surface area contributed by atoms with E-state index in [9.17, 15) is 22.4 Å². The van der Waals surface area contributed by atoms with Gasteiger partial charge >= 0.3 is 6.18 Å². The number of ether oxygens (including phenoxy) is 3. The van der Waals surface area contributed by atoms with Crippen LogP contribution in [0.5, 0.6) is 0 Å². The van der Waals surface area contributed by atoms with Crippen molar-refractivity contribution in [1.29, 1.82) is 0 Å². The molecule has 1 aromatic carbocycles. The molecule has 0 aromatic heterocycles. The molecule has 2 unspecified atom stereocenters. The van der Waals surface area contributed by atoms with Gasteiger partial charge in [0.2, 0.25) is 5.91 Å². The maximum atomic E-state index is 14.3. The summed E-state index contributed by atoms with van der Waals surface area (Å²) in [6, 6.07) is 2.78. The number of benzene rings is 1. The van der Waals surface area contributed by atoms with Gasteiger partial charge in [0.15, 0.2) is 0 Å². The van der Waals surface area contributed by atoms with E-state index in [1.165, 1.54) is 6.07 Å². The van der Waals surface area contributed by atoms with Gasteiger partial charge in [-0.25, -0.2) is 4.39 Å². The number of rotatable bonds is 4. The van der Waals surface area contributed by atoms with Crippen molar-refractivity contribution in [3.8, 4) is 0 Å². The van der Waals surface area contributed by atoms with Gasteiger partial charge in [0, 0.05) is 44.0 Å². The topological polar surface area (TPSA) is 63.3 Å². The number of hydrogen-bond acceptors (Lipinski definition) is 6. The van der Waals surface area contributed by atoms with Gasteiger partial charge < -0.3 is 29.3 Å². The predicted molar refractivity (Wildman–Crippen MR) is 128 cm³/mol. The maximum absolute atomic E-state index is 14.3. The molecule has 1 aromatic rings. The lowest BCUT2D eigenvalue weighted by atomic mass is 9.67. The zero-order valence-corrected chi connectivity index (χ0v) is 21.3. The Morgan fingerprint density at radius 1 is 1.16 bits per heavy atom. The van der Waals surface area contributed by atoms with Crippen molar-refractivity contribution in [2.45, 2.75) is 74.1 Å². The van der Waals surface area contributed by atoms with E-state index in [1.807, 2.05) is 9.80 Å². The lowest BCUT2D eigenvalue weighted by molar-refractivity contribution is -0.141. The molecule has 2 bridgehead atoms. The summed E-state index contributed by atoms with van der Waals surface area (Å²) in [4.78, 5) is 18.2. The Morgan fingerprint density at radius 2 is 2.00 bits per heavy atom. The second kappa shape index (κ2) is 8.52. The van der Waals surface area contributed by atoms with Crippen LogP contribution in [0.15, 0.2) is 18.2 Å². The van der Waals surface area contributed by atoms with Gasteiger partial charge in [-0.05, 0) is 50.3 Å². The number of alkyl halides is 3. The first kappa shape index (κ1) is 25.0. The average Bonchev–Trinajstić information content (AvgIpc) is 3.68. The predicted octanol–water partition coefficient (Wildman–Crippen LogP) is 2.97. The fourth-order valence-electron chi connectivity index (χ4n) is 8.86. The highest BCUT2D eigenvalue weighted by molar-refractivity contribution is 5.90. The molecule has 5 heterocycles. The first-order valence-electron chi connectivity index (χ1n) is 13.6.